The molecule has 0 aliphatic carbocycles. The molecule has 0 saturated heterocycles. The number of hydrogen-bond acceptors (Lipinski definition) is 4. The van der Waals surface area contributed by atoms with Gasteiger partial charge in [0.2, 0.25) is 0 Å². The van der Waals surface area contributed by atoms with Crippen molar-refractivity contribution < 1.29 is 19.1 Å². The van der Waals surface area contributed by atoms with Crippen LogP contribution < -0.4 is 0 Å². The molecule has 0 spiro atoms. The Labute approximate surface area is 149 Å². The van der Waals surface area contributed by atoms with Crippen molar-refractivity contribution in [3.8, 4) is 0 Å². The van der Waals surface area contributed by atoms with Crippen molar-refractivity contribution in [1.82, 2.24) is 0 Å². The molecule has 0 rings (SSSR count). The van der Waals surface area contributed by atoms with Gasteiger partial charge in [-0.25, -0.2) is 4.79 Å². The maximum absolute atomic E-state index is 11.2. The molecule has 1 N–H and O–H groups in total. The molecule has 0 bridgehead atoms. The van der Waals surface area contributed by atoms with Gasteiger partial charge in [0, 0.05) is 12.2 Å². The van der Waals surface area contributed by atoms with Crippen LogP contribution >= 0.6 is 0 Å². The first kappa shape index (κ1) is 23.1. The molecule has 0 heterocycles. The summed E-state index contributed by atoms with van der Waals surface area (Å²) in [7, 11) is -1.80. The van der Waals surface area contributed by atoms with Crippen LogP contribution in [0.4, 0.5) is 0 Å². The molecule has 0 radical (unpaired) electrons. The highest BCUT2D eigenvalue weighted by atomic mass is 28.4. The number of ether oxygens (including phenoxy) is 1. The van der Waals surface area contributed by atoms with E-state index in [4.69, 9.17) is 9.16 Å². The van der Waals surface area contributed by atoms with Gasteiger partial charge in [0.25, 0.3) is 0 Å². The van der Waals surface area contributed by atoms with Gasteiger partial charge in [0.1, 0.15) is 0 Å². The Morgan fingerprint density at radius 1 is 1.25 bits per heavy atom. The van der Waals surface area contributed by atoms with Crippen molar-refractivity contribution in [2.45, 2.75) is 84.7 Å². The van der Waals surface area contributed by atoms with Gasteiger partial charge in [-0.3, -0.25) is 0 Å². The van der Waals surface area contributed by atoms with E-state index in [-0.39, 0.29) is 17.1 Å². The van der Waals surface area contributed by atoms with Crippen molar-refractivity contribution in [2.24, 2.45) is 0 Å². The second-order valence-electron chi connectivity index (χ2n) is 7.85. The van der Waals surface area contributed by atoms with Crippen LogP contribution in [0.5, 0.6) is 0 Å². The van der Waals surface area contributed by atoms with E-state index >= 15 is 0 Å². The van der Waals surface area contributed by atoms with Crippen molar-refractivity contribution >= 4 is 14.3 Å². The van der Waals surface area contributed by atoms with Gasteiger partial charge in [-0.05, 0) is 51.7 Å². The Kier molecular flexibility index (Phi) is 9.78. The van der Waals surface area contributed by atoms with E-state index in [0.717, 1.165) is 5.57 Å². The van der Waals surface area contributed by atoms with Gasteiger partial charge in [0.15, 0.2) is 8.32 Å². The first-order valence-electron chi connectivity index (χ1n) is 8.76. The fourth-order valence-corrected chi connectivity index (χ4v) is 3.44. The quantitative estimate of drug-likeness (QED) is 0.284. The lowest BCUT2D eigenvalue weighted by molar-refractivity contribution is -0.137. The molecule has 0 fully saturated rings. The Morgan fingerprint density at radius 2 is 1.83 bits per heavy atom. The highest BCUT2D eigenvalue weighted by Gasteiger charge is 2.38. The molecule has 2 atom stereocenters. The van der Waals surface area contributed by atoms with Gasteiger partial charge in [0.05, 0.1) is 12.7 Å². The molecule has 140 valence electrons. The van der Waals surface area contributed by atoms with E-state index < -0.39 is 14.4 Å². The van der Waals surface area contributed by atoms with E-state index in [9.17, 15) is 9.90 Å². The fraction of sp³-hybridized carbons (Fsp3) is 0.737. The van der Waals surface area contributed by atoms with Crippen LogP contribution in [0.15, 0.2) is 23.8 Å². The molecule has 0 amide bonds. The molecule has 0 aliphatic rings. The summed E-state index contributed by atoms with van der Waals surface area (Å²) in [4.78, 5) is 11.2. The summed E-state index contributed by atoms with van der Waals surface area (Å²) in [6.07, 6.45) is 5.78. The predicted octanol–water partition coefficient (Wildman–Crippen LogP) is 4.60. The maximum Gasteiger partial charge on any atom is 0.330 e. The minimum Gasteiger partial charge on any atom is -0.463 e. The Morgan fingerprint density at radius 3 is 2.33 bits per heavy atom. The predicted molar refractivity (Wildman–Crippen MR) is 103 cm³/mol. The van der Waals surface area contributed by atoms with Crippen LogP contribution in [0.3, 0.4) is 0 Å². The van der Waals surface area contributed by atoms with Gasteiger partial charge in [-0.2, -0.15) is 0 Å². The summed E-state index contributed by atoms with van der Waals surface area (Å²) in [6, 6.07) is 0. The van der Waals surface area contributed by atoms with E-state index in [1.165, 1.54) is 6.08 Å². The normalized spacial score (nSPS) is 16.3. The van der Waals surface area contributed by atoms with Crippen molar-refractivity contribution in [2.75, 3.05) is 6.61 Å². The molecule has 0 aromatic rings. The van der Waals surface area contributed by atoms with Gasteiger partial charge in [-0.15, -0.1) is 0 Å². The topological polar surface area (TPSA) is 55.8 Å². The Bertz CT molecular complexity index is 447. The standard InChI is InChI=1S/C19H36O4Si/c1-9-22-18(21)13-11-15(2)10-12-17(20)14-16(3)23-24(7,8)19(4,5)6/h10-11,13,16-17,20H,9,12,14H2,1-8H3/b13-11+,15-10+/t16-,17+/m1/s1. The molecular formula is C19H36O4Si. The molecule has 0 unspecified atom stereocenters. The number of aliphatic hydroxyl groups excluding tert-OH is 1. The van der Waals surface area contributed by atoms with Crippen molar-refractivity contribution in [1.29, 1.82) is 0 Å². The maximum atomic E-state index is 11.2. The zero-order valence-electron chi connectivity index (χ0n) is 16.7. The van der Waals surface area contributed by atoms with Crippen LogP contribution in [0.1, 0.15) is 54.4 Å². The summed E-state index contributed by atoms with van der Waals surface area (Å²) < 4.78 is 11.1. The third kappa shape index (κ3) is 9.40. The molecule has 5 heteroatoms. The number of rotatable bonds is 9. The van der Waals surface area contributed by atoms with E-state index in [2.05, 4.69) is 33.9 Å². The third-order valence-corrected chi connectivity index (χ3v) is 8.99. The number of aliphatic hydroxyl groups is 1. The number of carbonyl (C=O) groups is 1. The van der Waals surface area contributed by atoms with E-state index in [1.807, 2.05) is 19.9 Å². The molecule has 4 nitrogen and oxygen atoms in total. The molecule has 0 aliphatic heterocycles. The highest BCUT2D eigenvalue weighted by molar-refractivity contribution is 6.74. The first-order valence-corrected chi connectivity index (χ1v) is 11.7. The zero-order valence-corrected chi connectivity index (χ0v) is 17.7. The SMILES string of the molecule is CCOC(=O)/C=C/C(C)=C/C[C@H](O)C[C@@H](C)O[Si](C)(C)C(C)(C)C. The van der Waals surface area contributed by atoms with Crippen molar-refractivity contribution in [3.63, 3.8) is 0 Å². The minimum absolute atomic E-state index is 0.0321. The van der Waals surface area contributed by atoms with Crippen molar-refractivity contribution in [3.05, 3.63) is 23.8 Å². The van der Waals surface area contributed by atoms with Crippen LogP contribution in [0, 0.1) is 0 Å². The summed E-state index contributed by atoms with van der Waals surface area (Å²) in [5.74, 6) is -0.345. The Hall–Kier alpha value is -0.913. The second kappa shape index (κ2) is 10.2. The van der Waals surface area contributed by atoms with Gasteiger partial charge in [-0.1, -0.05) is 38.5 Å². The molecule has 0 aromatic heterocycles. The molecule has 0 saturated carbocycles. The monoisotopic (exact) mass is 356 g/mol. The number of allylic oxidation sites excluding steroid dienone is 2. The largest absolute Gasteiger partial charge is 0.463 e. The van der Waals surface area contributed by atoms with E-state index in [1.54, 1.807) is 13.0 Å². The van der Waals surface area contributed by atoms with Gasteiger partial charge >= 0.3 is 5.97 Å². The third-order valence-electron chi connectivity index (χ3n) is 4.39. The van der Waals surface area contributed by atoms with E-state index in [0.29, 0.717) is 19.4 Å². The molecule has 0 aromatic carbocycles. The Balaban J connectivity index is 4.41. The first-order chi connectivity index (χ1) is 10.9. The average Bonchev–Trinajstić information content (AvgIpc) is 2.41. The van der Waals surface area contributed by atoms with Crippen LogP contribution in [-0.2, 0) is 14.0 Å². The lowest BCUT2D eigenvalue weighted by Crippen LogP contribution is -2.43. The zero-order chi connectivity index (χ0) is 19.0. The summed E-state index contributed by atoms with van der Waals surface area (Å²) in [5.41, 5.74) is 0.931. The fourth-order valence-electron chi connectivity index (χ4n) is 1.99. The molecule has 24 heavy (non-hydrogen) atoms. The summed E-state index contributed by atoms with van der Waals surface area (Å²) in [5, 5.41) is 10.4. The number of carbonyl (C=O) groups excluding carboxylic acids is 1. The average molecular weight is 357 g/mol. The molecular weight excluding hydrogens is 320 g/mol. The number of hydrogen-bond donors (Lipinski definition) is 1. The number of esters is 1. The summed E-state index contributed by atoms with van der Waals surface area (Å²) >= 11 is 0. The minimum atomic E-state index is -1.80. The van der Waals surface area contributed by atoms with Gasteiger partial charge < -0.3 is 14.3 Å². The highest BCUT2D eigenvalue weighted by Crippen LogP contribution is 2.37. The second-order valence-corrected chi connectivity index (χ2v) is 12.6. The smallest absolute Gasteiger partial charge is 0.330 e. The van der Waals surface area contributed by atoms with Crippen LogP contribution in [-0.4, -0.2) is 38.2 Å². The van der Waals surface area contributed by atoms with Crippen LogP contribution in [0.2, 0.25) is 18.1 Å². The lowest BCUT2D eigenvalue weighted by Gasteiger charge is -2.38. The summed E-state index contributed by atoms with van der Waals surface area (Å²) in [6.45, 7) is 17.2. The van der Waals surface area contributed by atoms with Crippen LogP contribution in [0.25, 0.3) is 0 Å². The lowest BCUT2D eigenvalue weighted by atomic mass is 10.1.